The largest absolute Gasteiger partial charge is 0.369 e. The average molecular weight is 309 g/mol. The highest BCUT2D eigenvalue weighted by Gasteiger charge is 2.28. The number of nitrogens with one attached hydrogen (secondary N) is 1. The molecule has 1 aliphatic carbocycles. The number of likely N-dealkylation sites (tertiary alicyclic amines) is 1. The van der Waals surface area contributed by atoms with E-state index in [9.17, 15) is 4.79 Å². The lowest BCUT2D eigenvalue weighted by atomic mass is 10.3. The minimum atomic E-state index is 0.222. The van der Waals surface area contributed by atoms with Gasteiger partial charge in [0.05, 0.1) is 0 Å². The quantitative estimate of drug-likeness (QED) is 0.850. The molecule has 3 rings (SSSR count). The van der Waals surface area contributed by atoms with Crippen LogP contribution in [0.5, 0.6) is 0 Å². The Morgan fingerprint density at radius 1 is 1.33 bits per heavy atom. The van der Waals surface area contributed by atoms with Crippen LogP contribution < -0.4 is 5.32 Å². The Labute approximate surface area is 130 Å². The van der Waals surface area contributed by atoms with E-state index in [0.717, 1.165) is 56.0 Å². The Bertz CT molecular complexity index is 539. The van der Waals surface area contributed by atoms with Crippen LogP contribution in [0.4, 0.5) is 5.82 Å². The summed E-state index contributed by atoms with van der Waals surface area (Å²) in [4.78, 5) is 22.8. The van der Waals surface area contributed by atoms with Gasteiger partial charge in [-0.25, -0.2) is 9.97 Å². The van der Waals surface area contributed by atoms with Gasteiger partial charge in [-0.05, 0) is 32.6 Å². The molecule has 21 heavy (non-hydrogen) atoms. The van der Waals surface area contributed by atoms with E-state index >= 15 is 0 Å². The summed E-state index contributed by atoms with van der Waals surface area (Å²) in [6.45, 7) is 4.31. The first-order valence-corrected chi connectivity index (χ1v) is 8.08. The molecule has 1 aliphatic heterocycles. The fourth-order valence-electron chi connectivity index (χ4n) is 2.61. The van der Waals surface area contributed by atoms with Crippen molar-refractivity contribution in [3.8, 4) is 0 Å². The molecule has 1 aromatic rings. The number of halogens is 1. The summed E-state index contributed by atoms with van der Waals surface area (Å²) < 4.78 is 0. The second kappa shape index (κ2) is 6.18. The van der Waals surface area contributed by atoms with Crippen LogP contribution >= 0.6 is 11.6 Å². The van der Waals surface area contributed by atoms with E-state index in [1.165, 1.54) is 0 Å². The number of rotatable bonds is 5. The van der Waals surface area contributed by atoms with Gasteiger partial charge in [-0.2, -0.15) is 0 Å². The summed E-state index contributed by atoms with van der Waals surface area (Å²) in [5.74, 6) is 2.29. The van der Waals surface area contributed by atoms with Crippen LogP contribution in [0.25, 0.3) is 0 Å². The fraction of sp³-hybridized carbons (Fsp3) is 0.667. The third kappa shape index (κ3) is 3.46. The van der Waals surface area contributed by atoms with Gasteiger partial charge in [0.15, 0.2) is 0 Å². The molecule has 1 aromatic heterocycles. The lowest BCUT2D eigenvalue weighted by Crippen LogP contribution is -2.29. The molecule has 5 nitrogen and oxygen atoms in total. The summed E-state index contributed by atoms with van der Waals surface area (Å²) in [5.41, 5.74) is 0.856. The lowest BCUT2D eigenvalue weighted by molar-refractivity contribution is -0.129. The van der Waals surface area contributed by atoms with Crippen molar-refractivity contribution in [3.05, 3.63) is 16.5 Å². The Hall–Kier alpha value is -1.36. The molecule has 1 amide bonds. The number of amides is 1. The van der Waals surface area contributed by atoms with Crippen molar-refractivity contribution in [1.82, 2.24) is 14.9 Å². The molecule has 1 saturated heterocycles. The van der Waals surface area contributed by atoms with Gasteiger partial charge in [-0.15, -0.1) is 0 Å². The molecule has 0 bridgehead atoms. The van der Waals surface area contributed by atoms with Gasteiger partial charge in [0.2, 0.25) is 5.91 Å². The zero-order valence-corrected chi connectivity index (χ0v) is 13.1. The molecular formula is C15H21ClN4O. The van der Waals surface area contributed by atoms with Crippen LogP contribution in [0.1, 0.15) is 49.4 Å². The highest BCUT2D eigenvalue weighted by Crippen LogP contribution is 2.39. The van der Waals surface area contributed by atoms with E-state index < -0.39 is 0 Å². The van der Waals surface area contributed by atoms with Crippen LogP contribution in [-0.2, 0) is 4.79 Å². The number of carbonyl (C=O) groups excluding carboxylic acids is 1. The van der Waals surface area contributed by atoms with Crippen molar-refractivity contribution in [2.24, 2.45) is 0 Å². The van der Waals surface area contributed by atoms with Gasteiger partial charge in [-0.1, -0.05) is 11.6 Å². The van der Waals surface area contributed by atoms with Crippen molar-refractivity contribution in [2.75, 3.05) is 25.0 Å². The van der Waals surface area contributed by atoms with Crippen LogP contribution in [0.2, 0.25) is 5.15 Å². The van der Waals surface area contributed by atoms with Crippen molar-refractivity contribution < 1.29 is 4.79 Å². The third-order valence-corrected chi connectivity index (χ3v) is 4.50. The van der Waals surface area contributed by atoms with Crippen molar-refractivity contribution in [3.63, 3.8) is 0 Å². The van der Waals surface area contributed by atoms with Crippen LogP contribution in [-0.4, -0.2) is 40.4 Å². The molecule has 0 aromatic carbocycles. The Morgan fingerprint density at radius 2 is 2.05 bits per heavy atom. The van der Waals surface area contributed by atoms with Gasteiger partial charge in [-0.3, -0.25) is 4.79 Å². The molecule has 0 atom stereocenters. The summed E-state index contributed by atoms with van der Waals surface area (Å²) in [6, 6.07) is 0. The highest BCUT2D eigenvalue weighted by molar-refractivity contribution is 6.30. The SMILES string of the molecule is Cc1c(Cl)nc(C2CC2)nc1NCCC(=O)N1CCCC1. The highest BCUT2D eigenvalue weighted by atomic mass is 35.5. The molecule has 2 aliphatic rings. The van der Waals surface area contributed by atoms with Gasteiger partial charge in [0, 0.05) is 37.5 Å². The molecule has 0 spiro atoms. The maximum atomic E-state index is 12.0. The lowest BCUT2D eigenvalue weighted by Gasteiger charge is -2.16. The van der Waals surface area contributed by atoms with Crippen molar-refractivity contribution >= 4 is 23.3 Å². The molecule has 1 saturated carbocycles. The molecule has 2 heterocycles. The number of hydrogen-bond donors (Lipinski definition) is 1. The average Bonchev–Trinajstić information content (AvgIpc) is 3.17. The minimum absolute atomic E-state index is 0.222. The van der Waals surface area contributed by atoms with Gasteiger partial charge >= 0.3 is 0 Å². The number of carbonyl (C=O) groups is 1. The smallest absolute Gasteiger partial charge is 0.224 e. The second-order valence-corrected chi connectivity index (χ2v) is 6.24. The molecule has 6 heteroatoms. The summed E-state index contributed by atoms with van der Waals surface area (Å²) in [6.07, 6.45) is 5.05. The normalized spacial score (nSPS) is 18.1. The molecule has 2 fully saturated rings. The second-order valence-electron chi connectivity index (χ2n) is 5.89. The summed E-state index contributed by atoms with van der Waals surface area (Å²) in [7, 11) is 0. The van der Waals surface area contributed by atoms with Crippen molar-refractivity contribution in [1.29, 1.82) is 0 Å². The van der Waals surface area contributed by atoms with Crippen LogP contribution in [0.15, 0.2) is 0 Å². The summed E-state index contributed by atoms with van der Waals surface area (Å²) >= 11 is 6.17. The molecule has 1 N–H and O–H groups in total. The van der Waals surface area contributed by atoms with Crippen LogP contribution in [0, 0.1) is 6.92 Å². The summed E-state index contributed by atoms with van der Waals surface area (Å²) in [5, 5.41) is 3.76. The number of nitrogens with zero attached hydrogens (tertiary/aromatic N) is 3. The monoisotopic (exact) mass is 308 g/mol. The topological polar surface area (TPSA) is 58.1 Å². The van der Waals surface area contributed by atoms with Crippen LogP contribution in [0.3, 0.4) is 0 Å². The van der Waals surface area contributed by atoms with E-state index in [2.05, 4.69) is 15.3 Å². The maximum Gasteiger partial charge on any atom is 0.224 e. The van der Waals surface area contributed by atoms with Gasteiger partial charge in [0.1, 0.15) is 16.8 Å². The first-order valence-electron chi connectivity index (χ1n) is 7.71. The van der Waals surface area contributed by atoms with Gasteiger partial charge in [0.25, 0.3) is 0 Å². The third-order valence-electron chi connectivity index (χ3n) is 4.14. The Balaban J connectivity index is 1.58. The Kier molecular flexibility index (Phi) is 4.29. The predicted molar refractivity (Wildman–Crippen MR) is 82.7 cm³/mol. The van der Waals surface area contributed by atoms with E-state index in [1.54, 1.807) is 0 Å². The van der Waals surface area contributed by atoms with E-state index in [4.69, 9.17) is 11.6 Å². The number of anilines is 1. The van der Waals surface area contributed by atoms with Gasteiger partial charge < -0.3 is 10.2 Å². The first-order chi connectivity index (χ1) is 10.1. The number of aromatic nitrogens is 2. The zero-order chi connectivity index (χ0) is 14.8. The Morgan fingerprint density at radius 3 is 2.71 bits per heavy atom. The van der Waals surface area contributed by atoms with E-state index in [-0.39, 0.29) is 5.91 Å². The van der Waals surface area contributed by atoms with E-state index in [0.29, 0.717) is 24.0 Å². The standard InChI is InChI=1S/C15H21ClN4O/c1-10-13(16)18-15(11-4-5-11)19-14(10)17-7-6-12(21)20-8-2-3-9-20/h11H,2-9H2,1H3,(H,17,18,19). The van der Waals surface area contributed by atoms with Crippen molar-refractivity contribution in [2.45, 2.75) is 44.9 Å². The molecule has 0 unspecified atom stereocenters. The fourth-order valence-corrected chi connectivity index (χ4v) is 2.79. The molecule has 0 radical (unpaired) electrons. The predicted octanol–water partition coefficient (Wildman–Crippen LogP) is 2.74. The minimum Gasteiger partial charge on any atom is -0.369 e. The molecular weight excluding hydrogens is 288 g/mol. The number of hydrogen-bond acceptors (Lipinski definition) is 4. The maximum absolute atomic E-state index is 12.0. The first kappa shape index (κ1) is 14.6. The van der Waals surface area contributed by atoms with E-state index in [1.807, 2.05) is 11.8 Å². The molecule has 114 valence electrons. The zero-order valence-electron chi connectivity index (χ0n) is 12.4.